The third-order valence-corrected chi connectivity index (χ3v) is 4.65. The summed E-state index contributed by atoms with van der Waals surface area (Å²) in [5.74, 6) is 1.04. The Hall–Kier alpha value is -2.94. The number of fused-ring (bicyclic) bond motifs is 1. The van der Waals surface area contributed by atoms with Crippen LogP contribution in [0.25, 0.3) is 11.0 Å². The second kappa shape index (κ2) is 7.23. The molecule has 2 aromatic heterocycles. The maximum Gasteiger partial charge on any atom is 0.418 e. The number of aromatic amines is 1. The molecule has 3 aromatic rings. The standard InChI is InChI=1S/C19H19F3N4O2/c1-27-15-5-3-2-4-13(15)24-16-10-14(26-6-8-28-9-7-26)17-12(19(20,21)22)11-23-18(17)25-16/h2-5,10-11H,6-9H2,1H3,(H2,23,24,25). The number of nitrogens with zero attached hydrogens (tertiary/aromatic N) is 2. The Morgan fingerprint density at radius 1 is 1.21 bits per heavy atom. The normalized spacial score (nSPS) is 15.1. The van der Waals surface area contributed by atoms with Gasteiger partial charge in [-0.1, -0.05) is 12.1 Å². The van der Waals surface area contributed by atoms with E-state index in [1.165, 1.54) is 0 Å². The van der Waals surface area contributed by atoms with Crippen molar-refractivity contribution in [1.29, 1.82) is 0 Å². The lowest BCUT2D eigenvalue weighted by atomic mass is 10.1. The van der Waals surface area contributed by atoms with Gasteiger partial charge in [0.15, 0.2) is 0 Å². The number of aromatic nitrogens is 2. The van der Waals surface area contributed by atoms with E-state index < -0.39 is 11.7 Å². The molecule has 0 aliphatic carbocycles. The summed E-state index contributed by atoms with van der Waals surface area (Å²) in [6.07, 6.45) is -3.51. The van der Waals surface area contributed by atoms with Crippen molar-refractivity contribution in [2.45, 2.75) is 6.18 Å². The Morgan fingerprint density at radius 2 is 1.96 bits per heavy atom. The molecule has 0 unspecified atom stereocenters. The summed E-state index contributed by atoms with van der Waals surface area (Å²) >= 11 is 0. The first-order valence-corrected chi connectivity index (χ1v) is 8.79. The van der Waals surface area contributed by atoms with Crippen molar-refractivity contribution in [2.24, 2.45) is 0 Å². The number of nitrogens with one attached hydrogen (secondary N) is 2. The van der Waals surface area contributed by atoms with Gasteiger partial charge in [-0.05, 0) is 12.1 Å². The molecule has 0 atom stereocenters. The number of para-hydroxylation sites is 2. The van der Waals surface area contributed by atoms with Gasteiger partial charge in [0.2, 0.25) is 0 Å². The van der Waals surface area contributed by atoms with E-state index in [2.05, 4.69) is 15.3 Å². The van der Waals surface area contributed by atoms with Crippen LogP contribution in [0.1, 0.15) is 5.56 Å². The van der Waals surface area contributed by atoms with Crippen LogP contribution in [-0.4, -0.2) is 43.4 Å². The molecule has 3 heterocycles. The van der Waals surface area contributed by atoms with Crippen LogP contribution in [0, 0.1) is 0 Å². The summed E-state index contributed by atoms with van der Waals surface area (Å²) in [6, 6.07) is 8.92. The molecular weight excluding hydrogens is 373 g/mol. The van der Waals surface area contributed by atoms with Gasteiger partial charge >= 0.3 is 6.18 Å². The van der Waals surface area contributed by atoms with Gasteiger partial charge in [0.25, 0.3) is 0 Å². The Labute approximate surface area is 159 Å². The molecule has 2 N–H and O–H groups in total. The molecule has 1 aliphatic heterocycles. The van der Waals surface area contributed by atoms with Crippen LogP contribution >= 0.6 is 0 Å². The summed E-state index contributed by atoms with van der Waals surface area (Å²) in [7, 11) is 1.55. The third-order valence-electron chi connectivity index (χ3n) is 4.65. The number of anilines is 3. The molecule has 0 radical (unpaired) electrons. The number of morpholine rings is 1. The van der Waals surface area contributed by atoms with Gasteiger partial charge in [-0.25, -0.2) is 4.98 Å². The minimum absolute atomic E-state index is 0.0694. The van der Waals surface area contributed by atoms with E-state index >= 15 is 0 Å². The van der Waals surface area contributed by atoms with Crippen LogP contribution in [-0.2, 0) is 10.9 Å². The minimum atomic E-state index is -4.47. The average molecular weight is 392 g/mol. The van der Waals surface area contributed by atoms with Crippen molar-refractivity contribution in [3.8, 4) is 5.75 Å². The van der Waals surface area contributed by atoms with Crippen LogP contribution < -0.4 is 15.0 Å². The van der Waals surface area contributed by atoms with E-state index in [1.807, 2.05) is 23.1 Å². The Kier molecular flexibility index (Phi) is 4.76. The predicted octanol–water partition coefficient (Wildman–Crippen LogP) is 4.17. The van der Waals surface area contributed by atoms with E-state index in [0.717, 1.165) is 6.20 Å². The van der Waals surface area contributed by atoms with E-state index in [1.54, 1.807) is 19.2 Å². The second-order valence-electron chi connectivity index (χ2n) is 6.38. The Bertz CT molecular complexity index is 981. The monoisotopic (exact) mass is 392 g/mol. The first-order valence-electron chi connectivity index (χ1n) is 8.79. The third kappa shape index (κ3) is 3.45. The fourth-order valence-corrected chi connectivity index (χ4v) is 3.34. The lowest BCUT2D eigenvalue weighted by Gasteiger charge is -2.30. The van der Waals surface area contributed by atoms with Gasteiger partial charge in [-0.3, -0.25) is 0 Å². The molecule has 6 nitrogen and oxygen atoms in total. The van der Waals surface area contributed by atoms with Crippen molar-refractivity contribution in [3.05, 3.63) is 42.1 Å². The number of halogens is 3. The number of ether oxygens (including phenoxy) is 2. The molecular formula is C19H19F3N4O2. The van der Waals surface area contributed by atoms with Crippen LogP contribution in [0.15, 0.2) is 36.5 Å². The number of alkyl halides is 3. The maximum absolute atomic E-state index is 13.5. The van der Waals surface area contributed by atoms with Crippen LogP contribution in [0.4, 0.5) is 30.4 Å². The number of benzene rings is 1. The molecule has 28 heavy (non-hydrogen) atoms. The quantitative estimate of drug-likeness (QED) is 0.698. The first kappa shape index (κ1) is 18.4. The summed E-state index contributed by atoms with van der Waals surface area (Å²) in [5, 5.41) is 3.22. The van der Waals surface area contributed by atoms with Crippen molar-refractivity contribution in [3.63, 3.8) is 0 Å². The number of hydrogen-bond acceptors (Lipinski definition) is 5. The Balaban J connectivity index is 1.83. The van der Waals surface area contributed by atoms with Crippen molar-refractivity contribution in [1.82, 2.24) is 9.97 Å². The summed E-state index contributed by atoms with van der Waals surface area (Å²) < 4.78 is 51.2. The zero-order valence-corrected chi connectivity index (χ0v) is 15.1. The van der Waals surface area contributed by atoms with Gasteiger partial charge in [-0.2, -0.15) is 13.2 Å². The number of rotatable bonds is 4. The van der Waals surface area contributed by atoms with Gasteiger partial charge in [0, 0.05) is 25.4 Å². The number of pyridine rings is 1. The van der Waals surface area contributed by atoms with Crippen LogP contribution in [0.2, 0.25) is 0 Å². The fourth-order valence-electron chi connectivity index (χ4n) is 3.34. The van der Waals surface area contributed by atoms with Crippen LogP contribution in [0.3, 0.4) is 0 Å². The SMILES string of the molecule is COc1ccccc1Nc1cc(N2CCOCC2)c2c(C(F)(F)F)c[nH]c2n1. The molecule has 0 bridgehead atoms. The topological polar surface area (TPSA) is 62.4 Å². The molecule has 0 spiro atoms. The number of H-pyrrole nitrogens is 1. The maximum atomic E-state index is 13.5. The highest BCUT2D eigenvalue weighted by Gasteiger charge is 2.36. The Morgan fingerprint density at radius 3 is 2.68 bits per heavy atom. The minimum Gasteiger partial charge on any atom is -0.495 e. The van der Waals surface area contributed by atoms with Crippen molar-refractivity contribution < 1.29 is 22.6 Å². The lowest BCUT2D eigenvalue weighted by molar-refractivity contribution is -0.136. The predicted molar refractivity (Wildman–Crippen MR) is 100 cm³/mol. The highest BCUT2D eigenvalue weighted by molar-refractivity contribution is 5.95. The van der Waals surface area contributed by atoms with Crippen molar-refractivity contribution in [2.75, 3.05) is 43.6 Å². The van der Waals surface area contributed by atoms with E-state index in [9.17, 15) is 13.2 Å². The molecule has 9 heteroatoms. The van der Waals surface area contributed by atoms with Gasteiger partial charge in [0.1, 0.15) is 17.2 Å². The summed E-state index contributed by atoms with van der Waals surface area (Å²) in [6.45, 7) is 1.95. The smallest absolute Gasteiger partial charge is 0.418 e. The molecule has 1 aliphatic rings. The van der Waals surface area contributed by atoms with Gasteiger partial charge < -0.3 is 24.7 Å². The average Bonchev–Trinajstić information content (AvgIpc) is 3.13. The van der Waals surface area contributed by atoms with E-state index in [0.29, 0.717) is 49.2 Å². The largest absolute Gasteiger partial charge is 0.495 e. The van der Waals surface area contributed by atoms with Gasteiger partial charge in [-0.15, -0.1) is 0 Å². The molecule has 0 amide bonds. The fraction of sp³-hybridized carbons (Fsp3) is 0.316. The zero-order valence-electron chi connectivity index (χ0n) is 15.1. The molecule has 1 aromatic carbocycles. The highest BCUT2D eigenvalue weighted by atomic mass is 19.4. The van der Waals surface area contributed by atoms with Crippen molar-refractivity contribution >= 4 is 28.2 Å². The molecule has 1 saturated heterocycles. The zero-order chi connectivity index (χ0) is 19.7. The van der Waals surface area contributed by atoms with E-state index in [-0.39, 0.29) is 11.0 Å². The van der Waals surface area contributed by atoms with Gasteiger partial charge in [0.05, 0.1) is 42.6 Å². The highest BCUT2D eigenvalue weighted by Crippen LogP contribution is 2.40. The van der Waals surface area contributed by atoms with Crippen LogP contribution in [0.5, 0.6) is 5.75 Å². The molecule has 148 valence electrons. The molecule has 1 fully saturated rings. The number of methoxy groups -OCH3 is 1. The van der Waals surface area contributed by atoms with E-state index in [4.69, 9.17) is 9.47 Å². The molecule has 4 rings (SSSR count). The summed E-state index contributed by atoms with van der Waals surface area (Å²) in [5.41, 5.74) is 0.598. The summed E-state index contributed by atoms with van der Waals surface area (Å²) in [4.78, 5) is 8.92. The first-order chi connectivity index (χ1) is 13.5. The molecule has 0 saturated carbocycles. The number of hydrogen-bond donors (Lipinski definition) is 2. The second-order valence-corrected chi connectivity index (χ2v) is 6.38. The lowest BCUT2D eigenvalue weighted by Crippen LogP contribution is -2.36.